The molecule has 1 aromatic carbocycles. The predicted molar refractivity (Wildman–Crippen MR) is 82.5 cm³/mol. The first kappa shape index (κ1) is 15.6. The first-order chi connectivity index (χ1) is 9.56. The molecule has 3 nitrogen and oxygen atoms in total. The predicted octanol–water partition coefficient (Wildman–Crippen LogP) is 4.53. The average molecular weight is 316 g/mol. The van der Waals surface area contributed by atoms with E-state index >= 15 is 0 Å². The molecule has 0 spiro atoms. The van der Waals surface area contributed by atoms with Crippen LogP contribution in [0, 0.1) is 5.92 Å². The average Bonchev–Trinajstić information content (AvgIpc) is 2.42. The van der Waals surface area contributed by atoms with Gasteiger partial charge in [-0.2, -0.15) is 0 Å². The van der Waals surface area contributed by atoms with Gasteiger partial charge in [0.05, 0.1) is 16.8 Å². The van der Waals surface area contributed by atoms with Crippen LogP contribution < -0.4 is 5.32 Å². The first-order valence-electron chi connectivity index (χ1n) is 6.93. The molecule has 20 heavy (non-hydrogen) atoms. The lowest BCUT2D eigenvalue weighted by molar-refractivity contribution is -0.124. The van der Waals surface area contributed by atoms with Gasteiger partial charge in [-0.25, -0.2) is 0 Å². The number of hydrogen-bond acceptors (Lipinski definition) is 2. The van der Waals surface area contributed by atoms with Gasteiger partial charge in [-0.15, -0.1) is 0 Å². The molecule has 0 saturated heterocycles. The Kier molecular flexibility index (Phi) is 5.70. The van der Waals surface area contributed by atoms with Crippen molar-refractivity contribution in [3.63, 3.8) is 0 Å². The smallest absolute Gasteiger partial charge is 0.250 e. The molecule has 0 aliphatic heterocycles. The molecule has 0 heterocycles. The Morgan fingerprint density at radius 3 is 2.85 bits per heavy atom. The second kappa shape index (κ2) is 7.30. The number of hydrogen-bond donors (Lipinski definition) is 1. The topological polar surface area (TPSA) is 38.3 Å². The molecule has 0 radical (unpaired) electrons. The van der Waals surface area contributed by atoms with Crippen LogP contribution in [0.15, 0.2) is 18.2 Å². The van der Waals surface area contributed by atoms with Gasteiger partial charge in [0.1, 0.15) is 6.61 Å². The van der Waals surface area contributed by atoms with E-state index in [2.05, 4.69) is 12.2 Å². The van der Waals surface area contributed by atoms with Gasteiger partial charge in [-0.05, 0) is 37.0 Å². The number of halogens is 2. The molecular formula is C15H19Cl2NO2. The lowest BCUT2D eigenvalue weighted by Crippen LogP contribution is -2.29. The standard InChI is InChI=1S/C15H19Cl2NO2/c1-10-4-2-3-5-14(10)20-9-15(19)18-13-8-11(16)6-7-12(13)17/h6-8,10,14H,2-5,9H2,1H3,(H,18,19). The van der Waals surface area contributed by atoms with Gasteiger partial charge in [-0.1, -0.05) is 43.0 Å². The Morgan fingerprint density at radius 1 is 1.35 bits per heavy atom. The van der Waals surface area contributed by atoms with E-state index in [1.54, 1.807) is 18.2 Å². The lowest BCUT2D eigenvalue weighted by atomic mass is 9.88. The molecule has 2 unspecified atom stereocenters. The van der Waals surface area contributed by atoms with Crippen molar-refractivity contribution in [3.05, 3.63) is 28.2 Å². The summed E-state index contributed by atoms with van der Waals surface area (Å²) in [5.74, 6) is 0.318. The van der Waals surface area contributed by atoms with E-state index in [1.165, 1.54) is 19.3 Å². The molecular weight excluding hydrogens is 297 g/mol. The van der Waals surface area contributed by atoms with E-state index in [0.29, 0.717) is 21.7 Å². The summed E-state index contributed by atoms with van der Waals surface area (Å²) in [6.07, 6.45) is 4.82. The van der Waals surface area contributed by atoms with Gasteiger partial charge >= 0.3 is 0 Å². The van der Waals surface area contributed by atoms with Crippen molar-refractivity contribution < 1.29 is 9.53 Å². The summed E-state index contributed by atoms with van der Waals surface area (Å²) in [6.45, 7) is 2.23. The molecule has 1 aliphatic rings. The molecule has 1 aliphatic carbocycles. The van der Waals surface area contributed by atoms with Crippen LogP contribution in [0.3, 0.4) is 0 Å². The van der Waals surface area contributed by atoms with Gasteiger partial charge in [0, 0.05) is 5.02 Å². The highest BCUT2D eigenvalue weighted by Crippen LogP contribution is 2.27. The highest BCUT2D eigenvalue weighted by molar-refractivity contribution is 6.35. The van der Waals surface area contributed by atoms with Gasteiger partial charge in [0.25, 0.3) is 0 Å². The Balaban J connectivity index is 1.84. The summed E-state index contributed by atoms with van der Waals surface area (Å²) in [5.41, 5.74) is 0.518. The van der Waals surface area contributed by atoms with Gasteiger partial charge in [0.2, 0.25) is 5.91 Å². The number of rotatable bonds is 4. The summed E-state index contributed by atoms with van der Waals surface area (Å²) in [5, 5.41) is 3.73. The van der Waals surface area contributed by atoms with Crippen molar-refractivity contribution in [3.8, 4) is 0 Å². The van der Waals surface area contributed by atoms with E-state index in [4.69, 9.17) is 27.9 Å². The summed E-state index contributed by atoms with van der Waals surface area (Å²) < 4.78 is 5.71. The van der Waals surface area contributed by atoms with Gasteiger partial charge in [0.15, 0.2) is 0 Å². The molecule has 110 valence electrons. The maximum Gasteiger partial charge on any atom is 0.250 e. The lowest BCUT2D eigenvalue weighted by Gasteiger charge is -2.28. The number of carbonyl (C=O) groups is 1. The maximum atomic E-state index is 11.9. The summed E-state index contributed by atoms with van der Waals surface area (Å²) in [4.78, 5) is 11.9. The molecule has 1 saturated carbocycles. The van der Waals surface area contributed by atoms with Crippen LogP contribution in [0.5, 0.6) is 0 Å². The van der Waals surface area contributed by atoms with Crippen molar-refractivity contribution in [1.29, 1.82) is 0 Å². The Morgan fingerprint density at radius 2 is 2.10 bits per heavy atom. The number of amides is 1. The molecule has 5 heteroatoms. The van der Waals surface area contributed by atoms with E-state index in [0.717, 1.165) is 6.42 Å². The first-order valence-corrected chi connectivity index (χ1v) is 7.68. The van der Waals surface area contributed by atoms with Crippen molar-refractivity contribution in [1.82, 2.24) is 0 Å². The van der Waals surface area contributed by atoms with Crippen LogP contribution >= 0.6 is 23.2 Å². The monoisotopic (exact) mass is 315 g/mol. The van der Waals surface area contributed by atoms with E-state index in [9.17, 15) is 4.79 Å². The van der Waals surface area contributed by atoms with E-state index in [-0.39, 0.29) is 18.6 Å². The molecule has 2 atom stereocenters. The zero-order chi connectivity index (χ0) is 14.5. The second-order valence-electron chi connectivity index (χ2n) is 5.28. The van der Waals surface area contributed by atoms with Crippen LogP contribution in [0.2, 0.25) is 10.0 Å². The fraction of sp³-hybridized carbons (Fsp3) is 0.533. The zero-order valence-electron chi connectivity index (χ0n) is 11.5. The highest BCUT2D eigenvalue weighted by atomic mass is 35.5. The third-order valence-corrected chi connectivity index (χ3v) is 4.23. The summed E-state index contributed by atoms with van der Waals surface area (Å²) in [7, 11) is 0. The number of carbonyl (C=O) groups excluding carboxylic acids is 1. The molecule has 2 rings (SSSR count). The highest BCUT2D eigenvalue weighted by Gasteiger charge is 2.22. The fourth-order valence-corrected chi connectivity index (χ4v) is 2.83. The van der Waals surface area contributed by atoms with Crippen LogP contribution in [-0.2, 0) is 9.53 Å². The third kappa shape index (κ3) is 4.37. The SMILES string of the molecule is CC1CCCCC1OCC(=O)Nc1cc(Cl)ccc1Cl. The van der Waals surface area contributed by atoms with Crippen molar-refractivity contribution in [2.75, 3.05) is 11.9 Å². The minimum absolute atomic E-state index is 0.0534. The molecule has 0 bridgehead atoms. The van der Waals surface area contributed by atoms with Gasteiger partial charge < -0.3 is 10.1 Å². The normalized spacial score (nSPS) is 22.6. The number of ether oxygens (including phenoxy) is 1. The molecule has 1 aromatic rings. The van der Waals surface area contributed by atoms with Crippen LogP contribution in [0.1, 0.15) is 32.6 Å². The summed E-state index contributed by atoms with van der Waals surface area (Å²) >= 11 is 11.9. The number of anilines is 1. The van der Waals surface area contributed by atoms with Crippen LogP contribution in [-0.4, -0.2) is 18.6 Å². The quantitative estimate of drug-likeness (QED) is 0.886. The Labute approximate surface area is 129 Å². The van der Waals surface area contributed by atoms with Crippen LogP contribution in [0.25, 0.3) is 0 Å². The van der Waals surface area contributed by atoms with Crippen molar-refractivity contribution in [2.45, 2.75) is 38.7 Å². The van der Waals surface area contributed by atoms with Crippen LogP contribution in [0.4, 0.5) is 5.69 Å². The molecule has 1 fully saturated rings. The van der Waals surface area contributed by atoms with E-state index < -0.39 is 0 Å². The maximum absolute atomic E-state index is 11.9. The van der Waals surface area contributed by atoms with Crippen molar-refractivity contribution >= 4 is 34.8 Å². The molecule has 1 N–H and O–H groups in total. The Bertz CT molecular complexity index is 479. The van der Waals surface area contributed by atoms with Crippen molar-refractivity contribution in [2.24, 2.45) is 5.92 Å². The molecule has 0 aromatic heterocycles. The Hall–Kier alpha value is -0.770. The minimum Gasteiger partial charge on any atom is -0.368 e. The zero-order valence-corrected chi connectivity index (χ0v) is 13.0. The number of nitrogens with one attached hydrogen (secondary N) is 1. The second-order valence-corrected chi connectivity index (χ2v) is 6.13. The fourth-order valence-electron chi connectivity index (χ4n) is 2.49. The largest absolute Gasteiger partial charge is 0.368 e. The summed E-state index contributed by atoms with van der Waals surface area (Å²) in [6, 6.07) is 4.97. The number of benzene rings is 1. The minimum atomic E-state index is -0.202. The van der Waals surface area contributed by atoms with Gasteiger partial charge in [-0.3, -0.25) is 4.79 Å². The third-order valence-electron chi connectivity index (χ3n) is 3.66. The molecule has 1 amide bonds. The van der Waals surface area contributed by atoms with E-state index in [1.807, 2.05) is 0 Å².